The van der Waals surface area contributed by atoms with Crippen molar-refractivity contribution in [2.24, 2.45) is 0 Å². The minimum absolute atomic E-state index is 0.0449. The van der Waals surface area contributed by atoms with Crippen LogP contribution < -0.4 is 0 Å². The molecule has 0 spiro atoms. The van der Waals surface area contributed by atoms with Crippen molar-refractivity contribution in [1.82, 2.24) is 0 Å². The molecule has 22 heavy (non-hydrogen) atoms. The van der Waals surface area contributed by atoms with Crippen LogP contribution in [0.5, 0.6) is 0 Å². The van der Waals surface area contributed by atoms with Crippen molar-refractivity contribution in [2.45, 2.75) is 45.9 Å². The Kier molecular flexibility index (Phi) is 5.70. The highest BCUT2D eigenvalue weighted by Crippen LogP contribution is 2.13. The van der Waals surface area contributed by atoms with Gasteiger partial charge in [-0.25, -0.2) is 0 Å². The van der Waals surface area contributed by atoms with Crippen LogP contribution in [0.1, 0.15) is 33.1 Å². The van der Waals surface area contributed by atoms with Gasteiger partial charge in [0.25, 0.3) is 0 Å². The maximum absolute atomic E-state index is 11.4. The van der Waals surface area contributed by atoms with E-state index < -0.39 is 76.4 Å². The highest BCUT2D eigenvalue weighted by atomic mass is 16.6. The molecule has 0 saturated carbocycles. The molecule has 0 aliphatic heterocycles. The summed E-state index contributed by atoms with van der Waals surface area (Å²) in [6.07, 6.45) is -5.20. The maximum atomic E-state index is 11.4. The fourth-order valence-electron chi connectivity index (χ4n) is 1.37. The summed E-state index contributed by atoms with van der Waals surface area (Å²) in [5.41, 5.74) is 0. The van der Waals surface area contributed by atoms with E-state index in [0.29, 0.717) is 0 Å². The van der Waals surface area contributed by atoms with Crippen LogP contribution in [0.3, 0.4) is 0 Å². The summed E-state index contributed by atoms with van der Waals surface area (Å²) in [4.78, 5) is 56.4. The van der Waals surface area contributed by atoms with Crippen LogP contribution in [-0.2, 0) is 42.9 Å². The van der Waals surface area contributed by atoms with Crippen LogP contribution in [0.15, 0.2) is 0 Å². The van der Waals surface area contributed by atoms with Crippen molar-refractivity contribution in [3.63, 3.8) is 0 Å². The van der Waals surface area contributed by atoms with Gasteiger partial charge in [0, 0.05) is 33.1 Å². The SMILES string of the molecule is [2H]CC(=O)OC[C@@H](OC(=O)C[2H])[C@H](OC(=O)C[2H])[C@H](C=O)OC(=O)C[2H]. The average molecular weight is 322 g/mol. The zero-order valence-electron chi connectivity index (χ0n) is 15.5. The summed E-state index contributed by atoms with van der Waals surface area (Å²) in [6, 6.07) is 0. The van der Waals surface area contributed by atoms with Crippen LogP contribution in [0.2, 0.25) is 0 Å². The molecule has 0 N–H and O–H groups in total. The van der Waals surface area contributed by atoms with E-state index in [-0.39, 0.29) is 6.29 Å². The predicted octanol–water partition coefficient (Wildman–Crippen LogP) is -0.457. The minimum atomic E-state index is -1.82. The molecule has 0 aliphatic carbocycles. The van der Waals surface area contributed by atoms with Crippen molar-refractivity contribution >= 4 is 30.2 Å². The molecule has 3 atom stereocenters. The third-order valence-electron chi connectivity index (χ3n) is 2.05. The molecule has 0 aromatic heterocycles. The molecule has 0 aromatic carbocycles. The van der Waals surface area contributed by atoms with Crippen LogP contribution in [0, 0.1) is 0 Å². The normalized spacial score (nSPS) is 16.4. The predicted molar refractivity (Wildman–Crippen MR) is 69.4 cm³/mol. The second kappa shape index (κ2) is 9.48. The van der Waals surface area contributed by atoms with E-state index in [1.54, 1.807) is 0 Å². The third kappa shape index (κ3) is 7.98. The van der Waals surface area contributed by atoms with E-state index in [1.807, 2.05) is 0 Å². The number of ether oxygens (including phenoxy) is 4. The van der Waals surface area contributed by atoms with Crippen molar-refractivity contribution in [3.05, 3.63) is 0 Å². The minimum Gasteiger partial charge on any atom is -0.462 e. The van der Waals surface area contributed by atoms with Gasteiger partial charge in [0.05, 0.1) is 0 Å². The first-order valence-corrected chi connectivity index (χ1v) is 5.69. The Morgan fingerprint density at radius 1 is 0.909 bits per heavy atom. The largest absolute Gasteiger partial charge is 0.462 e. The van der Waals surface area contributed by atoms with Crippen LogP contribution >= 0.6 is 0 Å². The Morgan fingerprint density at radius 2 is 1.45 bits per heavy atom. The molecule has 0 amide bonds. The standard InChI is InChI=1S/C13H18O9/c1-7(15)19-6-12(21-9(3)17)13(22-10(4)18)11(5-14)20-8(2)16/h5,11-13H,6H2,1-4H3/t11-,12+,13+/m0/s1/i1D,2D,3D,4D. The van der Waals surface area contributed by atoms with Crippen molar-refractivity contribution in [3.8, 4) is 0 Å². The summed E-state index contributed by atoms with van der Waals surface area (Å²) in [7, 11) is 0. The highest BCUT2D eigenvalue weighted by molar-refractivity contribution is 5.72. The van der Waals surface area contributed by atoms with Gasteiger partial charge in [0.15, 0.2) is 24.6 Å². The fourth-order valence-corrected chi connectivity index (χ4v) is 1.37. The summed E-state index contributed by atoms with van der Waals surface area (Å²) < 4.78 is 46.5. The van der Waals surface area contributed by atoms with E-state index >= 15 is 0 Å². The zero-order chi connectivity index (χ0) is 20.1. The summed E-state index contributed by atoms with van der Waals surface area (Å²) >= 11 is 0. The lowest BCUT2D eigenvalue weighted by Gasteiger charge is -2.28. The van der Waals surface area contributed by atoms with Gasteiger partial charge in [0.2, 0.25) is 0 Å². The third-order valence-corrected chi connectivity index (χ3v) is 2.05. The molecule has 0 bridgehead atoms. The van der Waals surface area contributed by atoms with Crippen molar-refractivity contribution in [1.29, 1.82) is 0 Å². The maximum Gasteiger partial charge on any atom is 0.303 e. The molecule has 0 heterocycles. The highest BCUT2D eigenvalue weighted by Gasteiger charge is 2.37. The Bertz CT molecular complexity index is 514. The first kappa shape index (κ1) is 13.2. The number of aldehydes is 1. The lowest BCUT2D eigenvalue weighted by molar-refractivity contribution is -0.188. The first-order valence-electron chi connectivity index (χ1n) is 8.52. The number of hydrogen-bond donors (Lipinski definition) is 0. The molecule has 0 unspecified atom stereocenters. The lowest BCUT2D eigenvalue weighted by Crippen LogP contribution is -2.48. The smallest absolute Gasteiger partial charge is 0.303 e. The average Bonchev–Trinajstić information content (AvgIpc) is 2.66. The van der Waals surface area contributed by atoms with Gasteiger partial charge < -0.3 is 18.9 Å². The Balaban J connectivity index is 5.58. The number of rotatable bonds is 8. The lowest BCUT2D eigenvalue weighted by atomic mass is 10.1. The quantitative estimate of drug-likeness (QED) is 0.332. The molecule has 0 fully saturated rings. The molecule has 0 aromatic rings. The van der Waals surface area contributed by atoms with Gasteiger partial charge in [-0.15, -0.1) is 0 Å². The molecule has 124 valence electrons. The van der Waals surface area contributed by atoms with Crippen LogP contribution in [0.25, 0.3) is 0 Å². The van der Waals surface area contributed by atoms with Crippen molar-refractivity contribution < 1.29 is 48.4 Å². The monoisotopic (exact) mass is 322 g/mol. The summed E-state index contributed by atoms with van der Waals surface area (Å²) in [5, 5.41) is 0. The second-order valence-electron chi connectivity index (χ2n) is 3.76. The summed E-state index contributed by atoms with van der Waals surface area (Å²) in [6.45, 7) is -4.10. The van der Waals surface area contributed by atoms with Crippen LogP contribution in [0.4, 0.5) is 0 Å². The second-order valence-corrected chi connectivity index (χ2v) is 3.76. The Labute approximate surface area is 132 Å². The number of hydrogen-bond acceptors (Lipinski definition) is 9. The zero-order valence-corrected chi connectivity index (χ0v) is 11.5. The van der Waals surface area contributed by atoms with E-state index in [9.17, 15) is 24.0 Å². The number of esters is 4. The Morgan fingerprint density at radius 3 is 2.00 bits per heavy atom. The molecule has 0 rings (SSSR count). The van der Waals surface area contributed by atoms with Gasteiger partial charge in [-0.2, -0.15) is 0 Å². The van der Waals surface area contributed by atoms with E-state index in [4.69, 9.17) is 15.0 Å². The van der Waals surface area contributed by atoms with Gasteiger partial charge in [-0.05, 0) is 0 Å². The van der Waals surface area contributed by atoms with Gasteiger partial charge in [-0.3, -0.25) is 24.0 Å². The number of carbonyl (C=O) groups excluding carboxylic acids is 5. The molecule has 0 aliphatic rings. The van der Waals surface area contributed by atoms with Crippen LogP contribution in [-0.4, -0.2) is 55.1 Å². The van der Waals surface area contributed by atoms with Gasteiger partial charge in [-0.1, -0.05) is 0 Å². The molecule has 9 heteroatoms. The molecule has 0 saturated heterocycles. The molecular formula is C13H18O9. The fraction of sp³-hybridized carbons (Fsp3) is 0.615. The van der Waals surface area contributed by atoms with Gasteiger partial charge in [0.1, 0.15) is 6.61 Å². The molecule has 9 nitrogen and oxygen atoms in total. The number of carbonyl (C=O) groups is 5. The van der Waals surface area contributed by atoms with E-state index in [2.05, 4.69) is 9.47 Å². The van der Waals surface area contributed by atoms with E-state index in [0.717, 1.165) is 0 Å². The molecule has 0 radical (unpaired) electrons. The summed E-state index contributed by atoms with van der Waals surface area (Å²) in [5.74, 6) is -4.46. The Hall–Kier alpha value is -2.45. The van der Waals surface area contributed by atoms with E-state index in [1.165, 1.54) is 0 Å². The topological polar surface area (TPSA) is 122 Å². The van der Waals surface area contributed by atoms with Gasteiger partial charge >= 0.3 is 23.9 Å². The first-order chi connectivity index (χ1) is 12.3. The van der Waals surface area contributed by atoms with Crippen molar-refractivity contribution in [2.75, 3.05) is 6.61 Å². The molecular weight excluding hydrogens is 300 g/mol.